The van der Waals surface area contributed by atoms with Crippen molar-refractivity contribution in [1.82, 2.24) is 10.6 Å². The predicted octanol–water partition coefficient (Wildman–Crippen LogP) is 3.11. The maximum absolute atomic E-state index is 4.35. The minimum absolute atomic E-state index is 0.682. The first-order valence-electron chi connectivity index (χ1n) is 9.01. The zero-order chi connectivity index (χ0) is 16.5. The lowest BCUT2D eigenvalue weighted by Crippen LogP contribution is -2.42. The number of rotatable bonds is 7. The van der Waals surface area contributed by atoms with Crippen LogP contribution in [0, 0.1) is 11.8 Å². The van der Waals surface area contributed by atoms with Crippen molar-refractivity contribution in [3.05, 3.63) is 30.3 Å². The Bertz CT molecular complexity index is 468. The molecule has 1 saturated heterocycles. The summed E-state index contributed by atoms with van der Waals surface area (Å²) in [6, 6.07) is 10.7. The molecule has 2 rings (SSSR count). The fourth-order valence-electron chi connectivity index (χ4n) is 3.15. The molecule has 0 bridgehead atoms. The summed E-state index contributed by atoms with van der Waals surface area (Å²) < 4.78 is 0. The van der Waals surface area contributed by atoms with Gasteiger partial charge in [0.05, 0.1) is 0 Å². The fourth-order valence-corrected chi connectivity index (χ4v) is 3.15. The van der Waals surface area contributed by atoms with Crippen molar-refractivity contribution in [2.45, 2.75) is 33.1 Å². The quantitative estimate of drug-likeness (QED) is 0.600. The molecule has 0 radical (unpaired) electrons. The van der Waals surface area contributed by atoms with Gasteiger partial charge in [-0.1, -0.05) is 44.9 Å². The molecule has 23 heavy (non-hydrogen) atoms. The van der Waals surface area contributed by atoms with Gasteiger partial charge in [-0.15, -0.1) is 0 Å². The van der Waals surface area contributed by atoms with E-state index >= 15 is 0 Å². The number of anilines is 1. The highest BCUT2D eigenvalue weighted by Gasteiger charge is 2.22. The van der Waals surface area contributed by atoms with E-state index in [0.717, 1.165) is 38.1 Å². The van der Waals surface area contributed by atoms with E-state index in [1.54, 1.807) is 0 Å². The fraction of sp³-hybridized carbons (Fsp3) is 0.632. The van der Waals surface area contributed by atoms with Crippen LogP contribution in [-0.4, -0.2) is 39.2 Å². The van der Waals surface area contributed by atoms with Crippen LogP contribution < -0.4 is 15.5 Å². The van der Waals surface area contributed by atoms with Gasteiger partial charge in [-0.3, -0.25) is 4.99 Å². The van der Waals surface area contributed by atoms with E-state index < -0.39 is 0 Å². The third kappa shape index (κ3) is 5.45. The molecule has 1 fully saturated rings. The van der Waals surface area contributed by atoms with Crippen LogP contribution in [0.1, 0.15) is 33.1 Å². The van der Waals surface area contributed by atoms with Crippen LogP contribution in [0.3, 0.4) is 0 Å². The van der Waals surface area contributed by atoms with Gasteiger partial charge in [0.1, 0.15) is 0 Å². The normalized spacial score (nSPS) is 18.5. The summed E-state index contributed by atoms with van der Waals surface area (Å²) in [4.78, 5) is 6.83. The summed E-state index contributed by atoms with van der Waals surface area (Å²) in [5.41, 5.74) is 1.34. The van der Waals surface area contributed by atoms with E-state index in [9.17, 15) is 0 Å². The highest BCUT2D eigenvalue weighted by atomic mass is 15.2. The summed E-state index contributed by atoms with van der Waals surface area (Å²) >= 11 is 0. The summed E-state index contributed by atoms with van der Waals surface area (Å²) in [6.45, 7) is 8.78. The lowest BCUT2D eigenvalue weighted by Gasteiger charge is -2.20. The standard InChI is InChI=1S/C19H32N4/c1-4-16(5-2)13-21-19(20-3)22-14-17-11-12-23(15-17)18-9-7-6-8-10-18/h6-10,16-17H,4-5,11-15H2,1-3H3,(H2,20,21,22). The summed E-state index contributed by atoms with van der Waals surface area (Å²) in [5.74, 6) is 2.35. The largest absolute Gasteiger partial charge is 0.371 e. The van der Waals surface area contributed by atoms with Gasteiger partial charge in [-0.05, 0) is 30.4 Å². The Hall–Kier alpha value is -1.71. The van der Waals surface area contributed by atoms with Crippen LogP contribution in [0.5, 0.6) is 0 Å². The Labute approximate surface area is 141 Å². The van der Waals surface area contributed by atoms with E-state index in [1.165, 1.54) is 24.9 Å². The van der Waals surface area contributed by atoms with Crippen molar-refractivity contribution in [1.29, 1.82) is 0 Å². The van der Waals surface area contributed by atoms with Gasteiger partial charge >= 0.3 is 0 Å². The van der Waals surface area contributed by atoms with Crippen LogP contribution >= 0.6 is 0 Å². The van der Waals surface area contributed by atoms with Gasteiger partial charge in [-0.25, -0.2) is 0 Å². The second-order valence-corrected chi connectivity index (χ2v) is 6.45. The number of nitrogens with zero attached hydrogens (tertiary/aromatic N) is 2. The van der Waals surface area contributed by atoms with E-state index in [0.29, 0.717) is 5.92 Å². The van der Waals surface area contributed by atoms with Crippen molar-refractivity contribution in [3.8, 4) is 0 Å². The van der Waals surface area contributed by atoms with Crippen molar-refractivity contribution in [2.75, 3.05) is 38.1 Å². The van der Waals surface area contributed by atoms with E-state index in [4.69, 9.17) is 0 Å². The molecule has 0 aliphatic carbocycles. The molecule has 1 aliphatic heterocycles. The van der Waals surface area contributed by atoms with E-state index in [-0.39, 0.29) is 0 Å². The first kappa shape index (κ1) is 17.6. The number of benzene rings is 1. The molecule has 0 aromatic heterocycles. The SMILES string of the molecule is CCC(CC)CNC(=NC)NCC1CCN(c2ccccc2)C1. The molecule has 1 atom stereocenters. The van der Waals surface area contributed by atoms with Crippen molar-refractivity contribution >= 4 is 11.6 Å². The number of aliphatic imine (C=N–C) groups is 1. The van der Waals surface area contributed by atoms with Gasteiger partial charge in [0, 0.05) is 38.9 Å². The van der Waals surface area contributed by atoms with Gasteiger partial charge in [0.15, 0.2) is 5.96 Å². The Balaban J connectivity index is 1.73. The lowest BCUT2D eigenvalue weighted by molar-refractivity contribution is 0.478. The molecule has 1 heterocycles. The molecule has 4 nitrogen and oxygen atoms in total. The molecule has 1 unspecified atom stereocenters. The molecule has 4 heteroatoms. The minimum Gasteiger partial charge on any atom is -0.371 e. The molecular formula is C19H32N4. The van der Waals surface area contributed by atoms with Gasteiger partial charge in [0.2, 0.25) is 0 Å². The van der Waals surface area contributed by atoms with Gasteiger partial charge in [-0.2, -0.15) is 0 Å². The van der Waals surface area contributed by atoms with Gasteiger partial charge in [0.25, 0.3) is 0 Å². The number of hydrogen-bond acceptors (Lipinski definition) is 2. The number of para-hydroxylation sites is 1. The van der Waals surface area contributed by atoms with Crippen LogP contribution in [0.25, 0.3) is 0 Å². The van der Waals surface area contributed by atoms with Gasteiger partial charge < -0.3 is 15.5 Å². The van der Waals surface area contributed by atoms with E-state index in [1.807, 2.05) is 7.05 Å². The molecular weight excluding hydrogens is 284 g/mol. The first-order valence-corrected chi connectivity index (χ1v) is 9.01. The molecule has 1 aromatic rings. The topological polar surface area (TPSA) is 39.7 Å². The van der Waals surface area contributed by atoms with Crippen LogP contribution in [0.15, 0.2) is 35.3 Å². The first-order chi connectivity index (χ1) is 11.3. The molecule has 128 valence electrons. The zero-order valence-electron chi connectivity index (χ0n) is 14.9. The maximum atomic E-state index is 4.35. The highest BCUT2D eigenvalue weighted by molar-refractivity contribution is 5.79. The van der Waals surface area contributed by atoms with Crippen molar-refractivity contribution in [3.63, 3.8) is 0 Å². The second-order valence-electron chi connectivity index (χ2n) is 6.45. The average molecular weight is 316 g/mol. The Morgan fingerprint density at radius 1 is 1.22 bits per heavy atom. The number of hydrogen-bond donors (Lipinski definition) is 2. The monoisotopic (exact) mass is 316 g/mol. The third-order valence-corrected chi connectivity index (χ3v) is 4.90. The van der Waals surface area contributed by atoms with Crippen molar-refractivity contribution < 1.29 is 0 Å². The highest BCUT2D eigenvalue weighted by Crippen LogP contribution is 2.22. The van der Waals surface area contributed by atoms with Crippen molar-refractivity contribution in [2.24, 2.45) is 16.8 Å². The zero-order valence-corrected chi connectivity index (χ0v) is 14.9. The summed E-state index contributed by atoms with van der Waals surface area (Å²) in [7, 11) is 1.85. The maximum Gasteiger partial charge on any atom is 0.190 e. The predicted molar refractivity (Wildman–Crippen MR) is 100 cm³/mol. The molecule has 2 N–H and O–H groups in total. The average Bonchev–Trinajstić information content (AvgIpc) is 3.08. The molecule has 0 amide bonds. The third-order valence-electron chi connectivity index (χ3n) is 4.90. The minimum atomic E-state index is 0.682. The molecule has 1 aliphatic rings. The van der Waals surface area contributed by atoms with Crippen LogP contribution in [-0.2, 0) is 0 Å². The Morgan fingerprint density at radius 3 is 2.61 bits per heavy atom. The van der Waals surface area contributed by atoms with Crippen LogP contribution in [0.4, 0.5) is 5.69 Å². The van der Waals surface area contributed by atoms with Crippen LogP contribution in [0.2, 0.25) is 0 Å². The van der Waals surface area contributed by atoms with E-state index in [2.05, 4.69) is 64.7 Å². The molecule has 0 spiro atoms. The Morgan fingerprint density at radius 2 is 1.96 bits per heavy atom. The molecule has 1 aromatic carbocycles. The number of nitrogens with one attached hydrogen (secondary N) is 2. The number of guanidine groups is 1. The summed E-state index contributed by atoms with van der Waals surface area (Å²) in [5, 5.41) is 6.96. The molecule has 0 saturated carbocycles. The summed E-state index contributed by atoms with van der Waals surface area (Å²) in [6.07, 6.45) is 3.68. The second kappa shape index (κ2) is 9.43. The smallest absolute Gasteiger partial charge is 0.190 e. The lowest BCUT2D eigenvalue weighted by atomic mass is 10.0. The Kier molecular flexibility index (Phi) is 7.24.